The summed E-state index contributed by atoms with van der Waals surface area (Å²) in [5.74, 6) is 0.0838. The Morgan fingerprint density at radius 3 is 2.82 bits per heavy atom. The van der Waals surface area contributed by atoms with Crippen molar-refractivity contribution in [3.05, 3.63) is 41.0 Å². The second-order valence-electron chi connectivity index (χ2n) is 3.15. The first kappa shape index (κ1) is 11.3. The van der Waals surface area contributed by atoms with Crippen molar-refractivity contribution in [3.63, 3.8) is 0 Å². The lowest BCUT2D eigenvalue weighted by Crippen LogP contribution is -1.92. The van der Waals surface area contributed by atoms with Crippen LogP contribution in [0.25, 0.3) is 0 Å². The first-order valence-corrected chi connectivity index (χ1v) is 5.02. The summed E-state index contributed by atoms with van der Waals surface area (Å²) >= 11 is 5.53. The summed E-state index contributed by atoms with van der Waals surface area (Å²) in [6.07, 6.45) is 0.695. The third-order valence-electron chi connectivity index (χ3n) is 1.92. The second kappa shape index (κ2) is 4.80. The molecule has 0 aliphatic rings. The minimum atomic E-state index is -0.221. The predicted molar refractivity (Wildman–Crippen MR) is 60.6 cm³/mol. The van der Waals surface area contributed by atoms with Gasteiger partial charge in [-0.15, -0.1) is 10.2 Å². The molecule has 1 heterocycles. The van der Waals surface area contributed by atoms with Crippen LogP contribution < -0.4 is 4.74 Å². The summed E-state index contributed by atoms with van der Waals surface area (Å²) in [5, 5.41) is 16.7. The molecule has 0 atom stereocenters. The summed E-state index contributed by atoms with van der Waals surface area (Å²) in [5.41, 5.74) is 0.462. The van der Waals surface area contributed by atoms with E-state index in [0.29, 0.717) is 17.6 Å². The van der Waals surface area contributed by atoms with Gasteiger partial charge >= 0.3 is 0 Å². The lowest BCUT2D eigenvalue weighted by atomic mass is 10.2. The van der Waals surface area contributed by atoms with E-state index >= 15 is 0 Å². The third-order valence-corrected chi connectivity index (χ3v) is 2.10. The molecule has 0 aliphatic heterocycles. The molecule has 86 valence electrons. The molecule has 6 heteroatoms. The molecule has 17 heavy (non-hydrogen) atoms. The van der Waals surface area contributed by atoms with Gasteiger partial charge in [-0.05, 0) is 12.1 Å². The molecule has 0 spiro atoms. The normalized spacial score (nSPS) is 9.94. The largest absolute Gasteiger partial charge is 0.503 e. The van der Waals surface area contributed by atoms with Crippen molar-refractivity contribution in [1.82, 2.24) is 10.2 Å². The van der Waals surface area contributed by atoms with E-state index in [4.69, 9.17) is 16.3 Å². The Morgan fingerprint density at radius 1 is 1.29 bits per heavy atom. The lowest BCUT2D eigenvalue weighted by molar-refractivity contribution is 0.112. The third kappa shape index (κ3) is 2.70. The van der Waals surface area contributed by atoms with Crippen molar-refractivity contribution >= 4 is 17.9 Å². The molecule has 1 N–H and O–H groups in total. The Morgan fingerprint density at radius 2 is 2.12 bits per heavy atom. The van der Waals surface area contributed by atoms with Gasteiger partial charge in [0.25, 0.3) is 5.88 Å². The van der Waals surface area contributed by atoms with Gasteiger partial charge in [0.05, 0.1) is 0 Å². The van der Waals surface area contributed by atoms with Crippen LogP contribution in [0.1, 0.15) is 10.4 Å². The van der Waals surface area contributed by atoms with E-state index < -0.39 is 0 Å². The molecule has 5 nitrogen and oxygen atoms in total. The van der Waals surface area contributed by atoms with Crippen LogP contribution in [0.15, 0.2) is 30.3 Å². The summed E-state index contributed by atoms with van der Waals surface area (Å²) in [6.45, 7) is 0. The predicted octanol–water partition coefficient (Wildman–Crippen LogP) is 2.44. The Balaban J connectivity index is 2.27. The van der Waals surface area contributed by atoms with Crippen LogP contribution >= 0.6 is 11.6 Å². The van der Waals surface area contributed by atoms with Gasteiger partial charge in [-0.2, -0.15) is 0 Å². The highest BCUT2D eigenvalue weighted by Gasteiger charge is 2.07. The number of carbonyl (C=O) groups excluding carboxylic acids is 1. The maximum Gasteiger partial charge on any atom is 0.281 e. The van der Waals surface area contributed by atoms with Crippen LogP contribution in [0.5, 0.6) is 17.4 Å². The molecule has 0 radical (unpaired) electrons. The minimum Gasteiger partial charge on any atom is -0.503 e. The van der Waals surface area contributed by atoms with Crippen molar-refractivity contribution in [2.24, 2.45) is 0 Å². The van der Waals surface area contributed by atoms with Gasteiger partial charge in [-0.3, -0.25) is 4.79 Å². The molecular weight excluding hydrogens is 244 g/mol. The van der Waals surface area contributed by atoms with E-state index in [1.807, 2.05) is 0 Å². The number of benzene rings is 1. The van der Waals surface area contributed by atoms with Crippen molar-refractivity contribution < 1.29 is 14.6 Å². The fourth-order valence-electron chi connectivity index (χ4n) is 1.18. The number of halogens is 1. The van der Waals surface area contributed by atoms with Gasteiger partial charge in [0, 0.05) is 11.6 Å². The maximum absolute atomic E-state index is 10.6. The smallest absolute Gasteiger partial charge is 0.281 e. The first-order chi connectivity index (χ1) is 8.19. The number of aromatic nitrogens is 2. The SMILES string of the molecule is O=Cc1cccc(Oc2nnc(Cl)cc2O)c1. The van der Waals surface area contributed by atoms with Gasteiger partial charge in [0.2, 0.25) is 0 Å². The van der Waals surface area contributed by atoms with Crippen LogP contribution in [-0.2, 0) is 0 Å². The summed E-state index contributed by atoms with van der Waals surface area (Å²) in [6, 6.07) is 7.64. The second-order valence-corrected chi connectivity index (χ2v) is 3.54. The number of hydrogen-bond acceptors (Lipinski definition) is 5. The Kier molecular flexibility index (Phi) is 3.20. The molecule has 0 fully saturated rings. The highest BCUT2D eigenvalue weighted by Crippen LogP contribution is 2.28. The first-order valence-electron chi connectivity index (χ1n) is 4.64. The minimum absolute atomic E-state index is 0.0662. The summed E-state index contributed by atoms with van der Waals surface area (Å²) in [7, 11) is 0. The number of carbonyl (C=O) groups is 1. The number of nitrogens with zero attached hydrogens (tertiary/aromatic N) is 2. The fraction of sp³-hybridized carbons (Fsp3) is 0. The van der Waals surface area contributed by atoms with E-state index in [1.165, 1.54) is 12.1 Å². The van der Waals surface area contributed by atoms with Gasteiger partial charge in [0.1, 0.15) is 12.0 Å². The summed E-state index contributed by atoms with van der Waals surface area (Å²) in [4.78, 5) is 10.6. The number of aromatic hydroxyl groups is 1. The molecule has 0 bridgehead atoms. The van der Waals surface area contributed by atoms with E-state index in [-0.39, 0.29) is 16.8 Å². The highest BCUT2D eigenvalue weighted by atomic mass is 35.5. The van der Waals surface area contributed by atoms with Crippen LogP contribution in [-0.4, -0.2) is 21.6 Å². The number of ether oxygens (including phenoxy) is 1. The molecular formula is C11H7ClN2O3. The topological polar surface area (TPSA) is 72.3 Å². The Labute approximate surface area is 102 Å². The summed E-state index contributed by atoms with van der Waals surface area (Å²) < 4.78 is 5.27. The zero-order valence-corrected chi connectivity index (χ0v) is 9.26. The quantitative estimate of drug-likeness (QED) is 0.847. The zero-order valence-electron chi connectivity index (χ0n) is 8.50. The van der Waals surface area contributed by atoms with Gasteiger partial charge in [-0.1, -0.05) is 23.7 Å². The standard InChI is InChI=1S/C11H7ClN2O3/c12-10-5-9(16)11(14-13-10)17-8-3-1-2-7(4-8)6-15/h1-6H,(H,13,16). The molecule has 0 aliphatic carbocycles. The van der Waals surface area contributed by atoms with Crippen molar-refractivity contribution in [2.75, 3.05) is 0 Å². The fourth-order valence-corrected chi connectivity index (χ4v) is 1.32. The average molecular weight is 251 g/mol. The van der Waals surface area contributed by atoms with Crippen molar-refractivity contribution in [2.45, 2.75) is 0 Å². The number of aldehydes is 1. The van der Waals surface area contributed by atoms with Gasteiger partial charge in [0.15, 0.2) is 10.9 Å². The zero-order chi connectivity index (χ0) is 12.3. The van der Waals surface area contributed by atoms with E-state index in [0.717, 1.165) is 0 Å². The lowest BCUT2D eigenvalue weighted by Gasteiger charge is -2.05. The van der Waals surface area contributed by atoms with E-state index in [2.05, 4.69) is 10.2 Å². The molecule has 0 unspecified atom stereocenters. The molecule has 0 amide bonds. The van der Waals surface area contributed by atoms with E-state index in [9.17, 15) is 9.90 Å². The number of rotatable bonds is 3. The molecule has 2 aromatic rings. The van der Waals surface area contributed by atoms with E-state index in [1.54, 1.807) is 18.2 Å². The van der Waals surface area contributed by atoms with Gasteiger partial charge < -0.3 is 9.84 Å². The molecule has 0 saturated heterocycles. The van der Waals surface area contributed by atoms with Crippen molar-refractivity contribution in [3.8, 4) is 17.4 Å². The van der Waals surface area contributed by atoms with Crippen molar-refractivity contribution in [1.29, 1.82) is 0 Å². The molecule has 2 rings (SSSR count). The Hall–Kier alpha value is -2.14. The highest BCUT2D eigenvalue weighted by molar-refractivity contribution is 6.29. The molecule has 1 aromatic heterocycles. The maximum atomic E-state index is 10.6. The van der Waals surface area contributed by atoms with Crippen LogP contribution in [0.3, 0.4) is 0 Å². The Bertz CT molecular complexity index is 560. The monoisotopic (exact) mass is 250 g/mol. The molecule has 1 aromatic carbocycles. The average Bonchev–Trinajstić information content (AvgIpc) is 2.33. The number of hydrogen-bond donors (Lipinski definition) is 1. The van der Waals surface area contributed by atoms with Crippen LogP contribution in [0.2, 0.25) is 5.15 Å². The molecule has 0 saturated carbocycles. The van der Waals surface area contributed by atoms with Gasteiger partial charge in [-0.25, -0.2) is 0 Å². The van der Waals surface area contributed by atoms with Crippen LogP contribution in [0.4, 0.5) is 0 Å². The van der Waals surface area contributed by atoms with Crippen LogP contribution in [0, 0.1) is 0 Å².